The average molecular weight is 163 g/mol. The van der Waals surface area contributed by atoms with E-state index in [0.29, 0.717) is 5.56 Å². The maximum absolute atomic E-state index is 10.3. The summed E-state index contributed by atoms with van der Waals surface area (Å²) < 4.78 is 0. The number of hydrogen-bond donors (Lipinski definition) is 0. The van der Waals surface area contributed by atoms with Crippen molar-refractivity contribution in [3.8, 4) is 0 Å². The van der Waals surface area contributed by atoms with Crippen molar-refractivity contribution in [3.05, 3.63) is 35.4 Å². The van der Waals surface area contributed by atoms with Crippen LogP contribution in [0.1, 0.15) is 15.9 Å². The Morgan fingerprint density at radius 1 is 1.25 bits per heavy atom. The third-order valence-electron chi connectivity index (χ3n) is 1.38. The van der Waals surface area contributed by atoms with Gasteiger partial charge in [0.15, 0.2) is 0 Å². The van der Waals surface area contributed by atoms with Crippen LogP contribution in [0.5, 0.6) is 0 Å². The predicted octanol–water partition coefficient (Wildman–Crippen LogP) is 1.48. The lowest BCUT2D eigenvalue weighted by molar-refractivity contribution is 0.112. The van der Waals surface area contributed by atoms with Gasteiger partial charge in [0, 0.05) is 5.56 Å². The first-order valence-electron chi connectivity index (χ1n) is 3.48. The first kappa shape index (κ1) is 8.46. The lowest BCUT2D eigenvalue weighted by Crippen LogP contribution is -1.83. The van der Waals surface area contributed by atoms with Crippen LogP contribution in [-0.2, 0) is 4.84 Å². The molecule has 0 aliphatic carbocycles. The monoisotopic (exact) mass is 163 g/mol. The quantitative estimate of drug-likeness (QED) is 0.384. The van der Waals surface area contributed by atoms with Gasteiger partial charge in [0.1, 0.15) is 13.4 Å². The molecule has 0 aliphatic rings. The summed E-state index contributed by atoms with van der Waals surface area (Å²) in [5, 5.41) is 3.58. The Morgan fingerprint density at radius 2 is 1.83 bits per heavy atom. The highest BCUT2D eigenvalue weighted by atomic mass is 16.6. The molecule has 0 heterocycles. The largest absolute Gasteiger partial charge is 0.399 e. The van der Waals surface area contributed by atoms with E-state index in [-0.39, 0.29) is 0 Å². The minimum absolute atomic E-state index is 0.657. The van der Waals surface area contributed by atoms with E-state index in [1.807, 2.05) is 0 Å². The zero-order valence-electron chi connectivity index (χ0n) is 6.73. The molecule has 0 aliphatic heterocycles. The Kier molecular flexibility index (Phi) is 3.02. The van der Waals surface area contributed by atoms with Crippen molar-refractivity contribution in [2.45, 2.75) is 0 Å². The Morgan fingerprint density at radius 3 is 2.33 bits per heavy atom. The number of hydrogen-bond acceptors (Lipinski definition) is 3. The Labute approximate surface area is 70.7 Å². The van der Waals surface area contributed by atoms with E-state index in [9.17, 15) is 4.79 Å². The normalized spacial score (nSPS) is 10.1. The molecule has 62 valence electrons. The van der Waals surface area contributed by atoms with E-state index < -0.39 is 0 Å². The molecule has 0 spiro atoms. The second kappa shape index (κ2) is 4.28. The van der Waals surface area contributed by atoms with Crippen molar-refractivity contribution in [2.75, 3.05) is 7.11 Å². The molecule has 0 radical (unpaired) electrons. The van der Waals surface area contributed by atoms with Crippen molar-refractivity contribution >= 4 is 12.5 Å². The van der Waals surface area contributed by atoms with Crippen LogP contribution in [0.25, 0.3) is 0 Å². The Hall–Kier alpha value is -1.64. The van der Waals surface area contributed by atoms with Crippen molar-refractivity contribution < 1.29 is 9.63 Å². The third kappa shape index (κ3) is 2.20. The first-order valence-corrected chi connectivity index (χ1v) is 3.48. The van der Waals surface area contributed by atoms with Gasteiger partial charge in [-0.05, 0) is 5.56 Å². The summed E-state index contributed by atoms with van der Waals surface area (Å²) in [6.07, 6.45) is 2.38. The fraction of sp³-hybridized carbons (Fsp3) is 0.111. The third-order valence-corrected chi connectivity index (χ3v) is 1.38. The number of carbonyl (C=O) groups excluding carboxylic acids is 1. The summed E-state index contributed by atoms with van der Waals surface area (Å²) in [5.74, 6) is 0. The molecule has 1 rings (SSSR count). The van der Waals surface area contributed by atoms with Crippen molar-refractivity contribution in [3.63, 3.8) is 0 Å². The van der Waals surface area contributed by atoms with Crippen LogP contribution in [0.4, 0.5) is 0 Å². The summed E-state index contributed by atoms with van der Waals surface area (Å²) in [6, 6.07) is 7.05. The van der Waals surface area contributed by atoms with Crippen molar-refractivity contribution in [1.29, 1.82) is 0 Å². The van der Waals surface area contributed by atoms with Crippen molar-refractivity contribution in [1.82, 2.24) is 0 Å². The molecule has 0 unspecified atom stereocenters. The molecule has 0 N–H and O–H groups in total. The molecule has 0 amide bonds. The van der Waals surface area contributed by atoms with E-state index in [0.717, 1.165) is 11.8 Å². The lowest BCUT2D eigenvalue weighted by atomic mass is 10.2. The van der Waals surface area contributed by atoms with Gasteiger partial charge in [0.25, 0.3) is 0 Å². The molecule has 12 heavy (non-hydrogen) atoms. The van der Waals surface area contributed by atoms with Crippen LogP contribution < -0.4 is 0 Å². The smallest absolute Gasteiger partial charge is 0.150 e. The van der Waals surface area contributed by atoms with Gasteiger partial charge in [-0.15, -0.1) is 0 Å². The van der Waals surface area contributed by atoms with Crippen LogP contribution in [-0.4, -0.2) is 19.6 Å². The maximum atomic E-state index is 10.3. The molecule has 1 aromatic carbocycles. The van der Waals surface area contributed by atoms with Crippen LogP contribution in [0.2, 0.25) is 0 Å². The van der Waals surface area contributed by atoms with Gasteiger partial charge >= 0.3 is 0 Å². The average Bonchev–Trinajstić information content (AvgIpc) is 2.15. The molecule has 3 heteroatoms. The fourth-order valence-electron chi connectivity index (χ4n) is 0.774. The lowest BCUT2D eigenvalue weighted by Gasteiger charge is -1.92. The highest BCUT2D eigenvalue weighted by Gasteiger charge is 1.89. The van der Waals surface area contributed by atoms with Crippen LogP contribution in [0, 0.1) is 0 Å². The van der Waals surface area contributed by atoms with Gasteiger partial charge in [0.2, 0.25) is 0 Å². The van der Waals surface area contributed by atoms with Gasteiger partial charge in [-0.3, -0.25) is 4.79 Å². The molecule has 0 fully saturated rings. The second-order valence-electron chi connectivity index (χ2n) is 2.20. The molecule has 0 aromatic heterocycles. The number of aldehydes is 1. The molecule has 1 aromatic rings. The van der Waals surface area contributed by atoms with E-state index >= 15 is 0 Å². The topological polar surface area (TPSA) is 38.7 Å². The van der Waals surface area contributed by atoms with Crippen LogP contribution >= 0.6 is 0 Å². The molecule has 0 saturated heterocycles. The number of oxime groups is 1. The van der Waals surface area contributed by atoms with Gasteiger partial charge < -0.3 is 4.84 Å². The van der Waals surface area contributed by atoms with E-state index in [1.54, 1.807) is 30.5 Å². The molecule has 3 nitrogen and oxygen atoms in total. The zero-order valence-corrected chi connectivity index (χ0v) is 6.73. The van der Waals surface area contributed by atoms with E-state index in [2.05, 4.69) is 9.99 Å². The van der Waals surface area contributed by atoms with Gasteiger partial charge in [-0.1, -0.05) is 29.4 Å². The standard InChI is InChI=1S/C9H9NO2/c1-12-10-6-8-2-4-9(7-11)5-3-8/h2-7H,1H3/b10-6+. The molecule has 0 bridgehead atoms. The maximum Gasteiger partial charge on any atom is 0.150 e. The number of benzene rings is 1. The SMILES string of the molecule is CO/N=C/c1ccc(C=O)cc1. The Balaban J connectivity index is 2.77. The molecular weight excluding hydrogens is 154 g/mol. The first-order chi connectivity index (χ1) is 5.86. The fourth-order valence-corrected chi connectivity index (χ4v) is 0.774. The second-order valence-corrected chi connectivity index (χ2v) is 2.20. The summed E-state index contributed by atoms with van der Waals surface area (Å²) in [5.41, 5.74) is 1.56. The summed E-state index contributed by atoms with van der Waals surface area (Å²) in [7, 11) is 1.48. The van der Waals surface area contributed by atoms with Gasteiger partial charge in [-0.2, -0.15) is 0 Å². The number of nitrogens with zero attached hydrogens (tertiary/aromatic N) is 1. The number of carbonyl (C=O) groups is 1. The van der Waals surface area contributed by atoms with Gasteiger partial charge in [-0.25, -0.2) is 0 Å². The van der Waals surface area contributed by atoms with Crippen LogP contribution in [0.3, 0.4) is 0 Å². The van der Waals surface area contributed by atoms with Crippen LogP contribution in [0.15, 0.2) is 29.4 Å². The molecular formula is C9H9NO2. The van der Waals surface area contributed by atoms with E-state index in [1.165, 1.54) is 7.11 Å². The summed E-state index contributed by atoms with van der Waals surface area (Å²) in [4.78, 5) is 14.8. The Bertz CT molecular complexity index is 277. The number of rotatable bonds is 3. The predicted molar refractivity (Wildman–Crippen MR) is 46.4 cm³/mol. The van der Waals surface area contributed by atoms with Crippen molar-refractivity contribution in [2.24, 2.45) is 5.16 Å². The zero-order chi connectivity index (χ0) is 8.81. The highest BCUT2D eigenvalue weighted by molar-refractivity contribution is 5.81. The molecule has 0 atom stereocenters. The summed E-state index contributed by atoms with van der Waals surface area (Å²) >= 11 is 0. The minimum Gasteiger partial charge on any atom is -0.399 e. The summed E-state index contributed by atoms with van der Waals surface area (Å²) in [6.45, 7) is 0. The minimum atomic E-state index is 0.657. The van der Waals surface area contributed by atoms with E-state index in [4.69, 9.17) is 0 Å². The molecule has 0 saturated carbocycles. The highest BCUT2D eigenvalue weighted by Crippen LogP contribution is 1.99. The van der Waals surface area contributed by atoms with Gasteiger partial charge in [0.05, 0.1) is 6.21 Å².